The predicted octanol–water partition coefficient (Wildman–Crippen LogP) is 3.32. The number of nitrogens with zero attached hydrogens (tertiary/aromatic N) is 1. The monoisotopic (exact) mass is 273 g/mol. The van der Waals surface area contributed by atoms with E-state index in [4.69, 9.17) is 9.47 Å². The summed E-state index contributed by atoms with van der Waals surface area (Å²) in [6.07, 6.45) is 7.81. The summed E-state index contributed by atoms with van der Waals surface area (Å²) in [4.78, 5) is 2.31. The Morgan fingerprint density at radius 2 is 2.30 bits per heavy atom. The van der Waals surface area contributed by atoms with E-state index in [-0.39, 0.29) is 6.29 Å². The number of benzene rings is 1. The summed E-state index contributed by atoms with van der Waals surface area (Å²) in [5.74, 6) is 0. The molecule has 2 aliphatic rings. The van der Waals surface area contributed by atoms with Crippen molar-refractivity contribution in [1.29, 1.82) is 0 Å². The fourth-order valence-electron chi connectivity index (χ4n) is 2.79. The van der Waals surface area contributed by atoms with Crippen molar-refractivity contribution < 1.29 is 9.47 Å². The van der Waals surface area contributed by atoms with Crippen molar-refractivity contribution in [3.63, 3.8) is 0 Å². The topological polar surface area (TPSA) is 21.7 Å². The van der Waals surface area contributed by atoms with Gasteiger partial charge < -0.3 is 14.4 Å². The summed E-state index contributed by atoms with van der Waals surface area (Å²) in [6.45, 7) is 5.62. The van der Waals surface area contributed by atoms with Gasteiger partial charge in [-0.25, -0.2) is 0 Å². The van der Waals surface area contributed by atoms with Gasteiger partial charge in [0.05, 0.1) is 6.61 Å². The fourth-order valence-corrected chi connectivity index (χ4v) is 2.79. The van der Waals surface area contributed by atoms with Gasteiger partial charge in [0, 0.05) is 25.9 Å². The van der Waals surface area contributed by atoms with Crippen LogP contribution in [-0.4, -0.2) is 30.9 Å². The minimum atomic E-state index is 0.0204. The van der Waals surface area contributed by atoms with Gasteiger partial charge in [-0.05, 0) is 43.4 Å². The van der Waals surface area contributed by atoms with Gasteiger partial charge in [-0.1, -0.05) is 23.8 Å². The first kappa shape index (κ1) is 13.7. The lowest BCUT2D eigenvalue weighted by Crippen LogP contribution is -2.28. The van der Waals surface area contributed by atoms with E-state index >= 15 is 0 Å². The Labute approximate surface area is 121 Å². The molecular weight excluding hydrogens is 250 g/mol. The van der Waals surface area contributed by atoms with Gasteiger partial charge >= 0.3 is 0 Å². The third-order valence-electron chi connectivity index (χ3n) is 3.96. The average molecular weight is 273 g/mol. The molecule has 1 unspecified atom stereocenters. The molecule has 1 saturated heterocycles. The van der Waals surface area contributed by atoms with Gasteiger partial charge in [-0.3, -0.25) is 0 Å². The molecule has 3 heteroatoms. The lowest BCUT2D eigenvalue weighted by atomic mass is 10.0. The Kier molecular flexibility index (Phi) is 4.38. The number of fused-ring (bicyclic) bond motifs is 1. The molecule has 2 heterocycles. The number of hydrogen-bond donors (Lipinski definition) is 0. The molecule has 0 amide bonds. The highest BCUT2D eigenvalue weighted by atomic mass is 16.7. The Bertz CT molecular complexity index is 478. The van der Waals surface area contributed by atoms with Crippen molar-refractivity contribution in [3.8, 4) is 0 Å². The van der Waals surface area contributed by atoms with Crippen LogP contribution >= 0.6 is 0 Å². The van der Waals surface area contributed by atoms with E-state index in [2.05, 4.69) is 42.3 Å². The summed E-state index contributed by atoms with van der Waals surface area (Å²) in [7, 11) is 0. The number of aryl methyl sites for hydroxylation is 1. The summed E-state index contributed by atoms with van der Waals surface area (Å²) in [5, 5.41) is 0. The second-order valence-electron chi connectivity index (χ2n) is 5.66. The molecule has 0 N–H and O–H groups in total. The van der Waals surface area contributed by atoms with Crippen molar-refractivity contribution >= 4 is 6.08 Å². The zero-order valence-electron chi connectivity index (χ0n) is 12.2. The largest absolute Gasteiger partial charge is 0.371 e. The van der Waals surface area contributed by atoms with Gasteiger partial charge in [0.1, 0.15) is 0 Å². The zero-order valence-corrected chi connectivity index (χ0v) is 12.2. The third-order valence-corrected chi connectivity index (χ3v) is 3.96. The zero-order chi connectivity index (χ0) is 13.8. The van der Waals surface area contributed by atoms with Crippen LogP contribution in [0.5, 0.6) is 0 Å². The molecule has 1 aromatic rings. The Morgan fingerprint density at radius 1 is 1.35 bits per heavy atom. The minimum Gasteiger partial charge on any atom is -0.371 e. The molecule has 0 bridgehead atoms. The van der Waals surface area contributed by atoms with Crippen LogP contribution in [0.2, 0.25) is 0 Å². The molecule has 0 aliphatic carbocycles. The van der Waals surface area contributed by atoms with E-state index in [0.29, 0.717) is 0 Å². The van der Waals surface area contributed by atoms with E-state index in [1.807, 2.05) is 0 Å². The van der Waals surface area contributed by atoms with Crippen LogP contribution in [0.3, 0.4) is 0 Å². The Morgan fingerprint density at radius 3 is 3.15 bits per heavy atom. The fraction of sp³-hybridized carbons (Fsp3) is 0.529. The average Bonchev–Trinajstić information content (AvgIpc) is 2.48. The highest BCUT2D eigenvalue weighted by Gasteiger charge is 2.15. The molecule has 2 aliphatic heterocycles. The minimum absolute atomic E-state index is 0.0204. The van der Waals surface area contributed by atoms with Crippen molar-refractivity contribution in [3.05, 3.63) is 41.1 Å². The highest BCUT2D eigenvalue weighted by molar-refractivity contribution is 5.56. The normalized spacial score (nSPS) is 21.9. The van der Waals surface area contributed by atoms with Crippen LogP contribution in [-0.2, 0) is 16.0 Å². The number of rotatable bonds is 4. The molecule has 1 aromatic carbocycles. The maximum atomic E-state index is 5.80. The number of hydrogen-bond acceptors (Lipinski definition) is 3. The van der Waals surface area contributed by atoms with E-state index in [9.17, 15) is 0 Å². The van der Waals surface area contributed by atoms with Crippen LogP contribution in [0.15, 0.2) is 24.4 Å². The van der Waals surface area contributed by atoms with Gasteiger partial charge in [-0.15, -0.1) is 0 Å². The Hall–Kier alpha value is -1.32. The molecule has 0 spiro atoms. The standard InChI is InChI=1S/C17H23NO2/c1-14-5-6-15-7-8-18(13-16(15)12-14)9-11-20-17-4-2-3-10-19-17/h5-8,12,17H,2-4,9-11,13H2,1H3. The lowest BCUT2D eigenvalue weighted by molar-refractivity contribution is -0.163. The van der Waals surface area contributed by atoms with Gasteiger partial charge in [0.15, 0.2) is 6.29 Å². The van der Waals surface area contributed by atoms with Crippen LogP contribution in [0.25, 0.3) is 6.08 Å². The molecule has 0 aromatic heterocycles. The smallest absolute Gasteiger partial charge is 0.157 e. The van der Waals surface area contributed by atoms with Crippen LogP contribution in [0.4, 0.5) is 0 Å². The lowest BCUT2D eigenvalue weighted by Gasteiger charge is -2.27. The third kappa shape index (κ3) is 3.41. The second kappa shape index (κ2) is 6.42. The van der Waals surface area contributed by atoms with E-state index in [1.165, 1.54) is 29.5 Å². The van der Waals surface area contributed by atoms with Crippen LogP contribution in [0, 0.1) is 6.92 Å². The maximum Gasteiger partial charge on any atom is 0.157 e. The first-order valence-electron chi connectivity index (χ1n) is 7.56. The second-order valence-corrected chi connectivity index (χ2v) is 5.66. The van der Waals surface area contributed by atoms with Crippen molar-refractivity contribution in [2.45, 2.75) is 39.0 Å². The summed E-state index contributed by atoms with van der Waals surface area (Å²) in [6, 6.07) is 6.64. The summed E-state index contributed by atoms with van der Waals surface area (Å²) < 4.78 is 11.4. The quantitative estimate of drug-likeness (QED) is 0.840. The van der Waals surface area contributed by atoms with Gasteiger partial charge in [0.25, 0.3) is 0 Å². The molecule has 0 radical (unpaired) electrons. The van der Waals surface area contributed by atoms with E-state index in [1.54, 1.807) is 0 Å². The summed E-state index contributed by atoms with van der Waals surface area (Å²) in [5.41, 5.74) is 4.07. The number of ether oxygens (including phenoxy) is 2. The first-order valence-corrected chi connectivity index (χ1v) is 7.56. The maximum absolute atomic E-state index is 5.80. The van der Waals surface area contributed by atoms with Crippen molar-refractivity contribution in [2.75, 3.05) is 19.8 Å². The van der Waals surface area contributed by atoms with Crippen LogP contribution in [0.1, 0.15) is 36.0 Å². The molecule has 1 atom stereocenters. The molecule has 108 valence electrons. The summed E-state index contributed by atoms with van der Waals surface area (Å²) >= 11 is 0. The van der Waals surface area contributed by atoms with E-state index in [0.717, 1.165) is 32.7 Å². The molecular formula is C17H23NO2. The van der Waals surface area contributed by atoms with Crippen LogP contribution < -0.4 is 0 Å². The van der Waals surface area contributed by atoms with Crippen molar-refractivity contribution in [2.24, 2.45) is 0 Å². The molecule has 3 rings (SSSR count). The molecule has 1 fully saturated rings. The first-order chi connectivity index (χ1) is 9.81. The molecule has 0 saturated carbocycles. The SMILES string of the molecule is Cc1ccc2c(c1)CN(CCOC1CCCCO1)C=C2. The molecule has 3 nitrogen and oxygen atoms in total. The van der Waals surface area contributed by atoms with Crippen molar-refractivity contribution in [1.82, 2.24) is 4.90 Å². The van der Waals surface area contributed by atoms with E-state index < -0.39 is 0 Å². The van der Waals surface area contributed by atoms with Gasteiger partial charge in [-0.2, -0.15) is 0 Å². The highest BCUT2D eigenvalue weighted by Crippen LogP contribution is 2.21. The van der Waals surface area contributed by atoms with Gasteiger partial charge in [0.2, 0.25) is 0 Å². The molecule has 20 heavy (non-hydrogen) atoms. The Balaban J connectivity index is 1.48. The predicted molar refractivity (Wildman–Crippen MR) is 80.2 cm³/mol.